The summed E-state index contributed by atoms with van der Waals surface area (Å²) < 4.78 is 0. The Bertz CT molecular complexity index is 459. The van der Waals surface area contributed by atoms with Crippen LogP contribution in [0.1, 0.15) is 32.4 Å². The van der Waals surface area contributed by atoms with E-state index in [1.54, 1.807) is 6.92 Å². The molecule has 0 radical (unpaired) electrons. The maximum Gasteiger partial charge on any atom is 0.328 e. The first-order valence-corrected chi connectivity index (χ1v) is 5.95. The van der Waals surface area contributed by atoms with E-state index in [-0.39, 0.29) is 6.04 Å². The van der Waals surface area contributed by atoms with Gasteiger partial charge in [0.25, 0.3) is 0 Å². The first kappa shape index (κ1) is 15.1. The summed E-state index contributed by atoms with van der Waals surface area (Å²) in [5, 5.41) is 23.0. The standard InChI is InChI=1S/C13H18N2O4/c1-9(10-7-5-4-6-8-10)14-11(12(16)17)13(2,3)15(18)19/h4-9,11,14H,1-3H3,(H,16,17)/t9-,11?/m0/s1. The van der Waals surface area contributed by atoms with Crippen LogP contribution in [0.2, 0.25) is 0 Å². The van der Waals surface area contributed by atoms with E-state index in [1.165, 1.54) is 13.8 Å². The van der Waals surface area contributed by atoms with Crippen LogP contribution in [0, 0.1) is 10.1 Å². The van der Waals surface area contributed by atoms with Crippen molar-refractivity contribution in [1.82, 2.24) is 5.32 Å². The maximum atomic E-state index is 11.3. The molecule has 0 saturated heterocycles. The number of carboxylic acid groups (broad SMARTS) is 1. The highest BCUT2D eigenvalue weighted by molar-refractivity contribution is 5.75. The SMILES string of the molecule is C[C@H](NC(C(=O)O)C(C)(C)[N+](=O)[O-])c1ccccc1. The number of hydrogen-bond acceptors (Lipinski definition) is 4. The summed E-state index contributed by atoms with van der Waals surface area (Å²) in [7, 11) is 0. The minimum absolute atomic E-state index is 0.290. The molecule has 104 valence electrons. The van der Waals surface area contributed by atoms with Crippen molar-refractivity contribution in [1.29, 1.82) is 0 Å². The van der Waals surface area contributed by atoms with Crippen molar-refractivity contribution in [3.63, 3.8) is 0 Å². The highest BCUT2D eigenvalue weighted by Gasteiger charge is 2.46. The van der Waals surface area contributed by atoms with Gasteiger partial charge in [-0.2, -0.15) is 0 Å². The maximum absolute atomic E-state index is 11.3. The first-order chi connectivity index (χ1) is 8.76. The lowest BCUT2D eigenvalue weighted by molar-refractivity contribution is -0.563. The van der Waals surface area contributed by atoms with Gasteiger partial charge in [0.2, 0.25) is 5.54 Å². The van der Waals surface area contributed by atoms with Gasteiger partial charge in [0.15, 0.2) is 6.04 Å². The third kappa shape index (κ3) is 3.51. The average molecular weight is 266 g/mol. The number of benzene rings is 1. The van der Waals surface area contributed by atoms with Crippen LogP contribution < -0.4 is 5.32 Å². The summed E-state index contributed by atoms with van der Waals surface area (Å²) in [5.74, 6) is -1.23. The molecule has 0 saturated carbocycles. The zero-order valence-corrected chi connectivity index (χ0v) is 11.2. The van der Waals surface area contributed by atoms with Crippen molar-refractivity contribution in [2.45, 2.75) is 38.4 Å². The normalized spacial score (nSPS) is 14.7. The third-order valence-corrected chi connectivity index (χ3v) is 3.14. The van der Waals surface area contributed by atoms with E-state index < -0.39 is 22.5 Å². The second-order valence-electron chi connectivity index (χ2n) is 4.98. The molecule has 19 heavy (non-hydrogen) atoms. The highest BCUT2D eigenvalue weighted by atomic mass is 16.6. The molecule has 1 rings (SSSR count). The third-order valence-electron chi connectivity index (χ3n) is 3.14. The topological polar surface area (TPSA) is 92.5 Å². The molecule has 0 bridgehead atoms. The van der Waals surface area contributed by atoms with Crippen LogP contribution >= 0.6 is 0 Å². The minimum Gasteiger partial charge on any atom is -0.480 e. The molecule has 0 heterocycles. The molecule has 2 N–H and O–H groups in total. The first-order valence-electron chi connectivity index (χ1n) is 5.95. The second-order valence-corrected chi connectivity index (χ2v) is 4.98. The molecule has 2 atom stereocenters. The molecule has 0 aromatic heterocycles. The van der Waals surface area contributed by atoms with Gasteiger partial charge in [0, 0.05) is 24.8 Å². The number of carbonyl (C=O) groups is 1. The van der Waals surface area contributed by atoms with Gasteiger partial charge in [-0.1, -0.05) is 30.3 Å². The molecule has 1 unspecified atom stereocenters. The molecule has 0 aliphatic carbocycles. The summed E-state index contributed by atoms with van der Waals surface area (Å²) in [6, 6.07) is 7.65. The minimum atomic E-state index is -1.59. The van der Waals surface area contributed by atoms with Crippen LogP contribution in [-0.2, 0) is 4.79 Å². The van der Waals surface area contributed by atoms with Gasteiger partial charge in [-0.3, -0.25) is 20.2 Å². The van der Waals surface area contributed by atoms with Gasteiger partial charge >= 0.3 is 5.97 Å². The lowest BCUT2D eigenvalue weighted by atomic mass is 9.94. The monoisotopic (exact) mass is 266 g/mol. The predicted molar refractivity (Wildman–Crippen MR) is 70.5 cm³/mol. The zero-order valence-electron chi connectivity index (χ0n) is 11.2. The summed E-state index contributed by atoms with van der Waals surface area (Å²) in [6.07, 6.45) is 0. The van der Waals surface area contributed by atoms with E-state index >= 15 is 0 Å². The van der Waals surface area contributed by atoms with E-state index in [1.807, 2.05) is 30.3 Å². The molecular formula is C13H18N2O4. The van der Waals surface area contributed by atoms with Crippen molar-refractivity contribution in [2.24, 2.45) is 0 Å². The Labute approximate surface area is 111 Å². The van der Waals surface area contributed by atoms with E-state index in [0.717, 1.165) is 5.56 Å². The van der Waals surface area contributed by atoms with Gasteiger partial charge < -0.3 is 5.11 Å². The number of carboxylic acids is 1. The van der Waals surface area contributed by atoms with Crippen molar-refractivity contribution in [2.75, 3.05) is 0 Å². The molecular weight excluding hydrogens is 248 g/mol. The number of hydrogen-bond donors (Lipinski definition) is 2. The van der Waals surface area contributed by atoms with E-state index in [2.05, 4.69) is 5.32 Å². The number of rotatable bonds is 6. The molecule has 6 nitrogen and oxygen atoms in total. The van der Waals surface area contributed by atoms with E-state index in [0.29, 0.717) is 0 Å². The Hall–Kier alpha value is -1.95. The van der Waals surface area contributed by atoms with E-state index in [4.69, 9.17) is 0 Å². The number of nitrogens with one attached hydrogen (secondary N) is 1. The Morgan fingerprint density at radius 3 is 2.32 bits per heavy atom. The fourth-order valence-electron chi connectivity index (χ4n) is 1.77. The van der Waals surface area contributed by atoms with Gasteiger partial charge in [0.05, 0.1) is 0 Å². The van der Waals surface area contributed by atoms with Crippen LogP contribution in [0.4, 0.5) is 0 Å². The summed E-state index contributed by atoms with van der Waals surface area (Å²) >= 11 is 0. The molecule has 0 aliphatic rings. The van der Waals surface area contributed by atoms with Crippen LogP contribution in [0.5, 0.6) is 0 Å². The number of aliphatic carboxylic acids is 1. The number of nitro groups is 1. The lowest BCUT2D eigenvalue weighted by Gasteiger charge is -2.27. The van der Waals surface area contributed by atoms with Crippen molar-refractivity contribution in [3.8, 4) is 0 Å². The summed E-state index contributed by atoms with van der Waals surface area (Å²) in [6.45, 7) is 4.38. The van der Waals surface area contributed by atoms with E-state index in [9.17, 15) is 20.0 Å². The summed E-state index contributed by atoms with van der Waals surface area (Å²) in [4.78, 5) is 21.7. The predicted octanol–water partition coefficient (Wildman–Crippen LogP) is 1.85. The highest BCUT2D eigenvalue weighted by Crippen LogP contribution is 2.19. The number of nitrogens with zero attached hydrogens (tertiary/aromatic N) is 1. The second kappa shape index (κ2) is 5.79. The van der Waals surface area contributed by atoms with Crippen LogP contribution in [0.3, 0.4) is 0 Å². The van der Waals surface area contributed by atoms with Gasteiger partial charge in [-0.25, -0.2) is 0 Å². The van der Waals surface area contributed by atoms with Gasteiger partial charge in [-0.05, 0) is 12.5 Å². The molecule has 0 amide bonds. The zero-order chi connectivity index (χ0) is 14.6. The van der Waals surface area contributed by atoms with Crippen molar-refractivity contribution in [3.05, 3.63) is 46.0 Å². The molecule has 0 fully saturated rings. The fraction of sp³-hybridized carbons (Fsp3) is 0.462. The fourth-order valence-corrected chi connectivity index (χ4v) is 1.77. The van der Waals surface area contributed by atoms with Crippen LogP contribution in [0.15, 0.2) is 30.3 Å². The molecule has 6 heteroatoms. The quantitative estimate of drug-likeness (QED) is 0.605. The largest absolute Gasteiger partial charge is 0.480 e. The Morgan fingerprint density at radius 1 is 1.37 bits per heavy atom. The van der Waals surface area contributed by atoms with Crippen LogP contribution in [-0.4, -0.2) is 27.6 Å². The van der Waals surface area contributed by atoms with Crippen LogP contribution in [0.25, 0.3) is 0 Å². The Balaban J connectivity index is 2.92. The Kier molecular flexibility index (Phi) is 4.61. The Morgan fingerprint density at radius 2 is 1.89 bits per heavy atom. The van der Waals surface area contributed by atoms with Crippen molar-refractivity contribution >= 4 is 5.97 Å². The molecule has 0 aliphatic heterocycles. The van der Waals surface area contributed by atoms with Crippen molar-refractivity contribution < 1.29 is 14.8 Å². The van der Waals surface area contributed by atoms with Gasteiger partial charge in [0.1, 0.15) is 0 Å². The molecule has 1 aromatic rings. The molecule has 0 spiro atoms. The lowest BCUT2D eigenvalue weighted by Crippen LogP contribution is -2.56. The molecule has 1 aromatic carbocycles. The smallest absolute Gasteiger partial charge is 0.328 e. The summed E-state index contributed by atoms with van der Waals surface area (Å²) in [5.41, 5.74) is -0.706. The average Bonchev–Trinajstić information content (AvgIpc) is 2.35. The van der Waals surface area contributed by atoms with Gasteiger partial charge in [-0.15, -0.1) is 0 Å².